The molecule has 1 N–H and O–H groups in total. The Bertz CT molecular complexity index is 147. The third-order valence-electron chi connectivity index (χ3n) is 3.05. The largest absolute Gasteiger partial charge is 0.317 e. The quantitative estimate of drug-likeness (QED) is 0.584. The van der Waals surface area contributed by atoms with Crippen molar-refractivity contribution < 1.29 is 0 Å². The normalized spacial score (nSPS) is 15.1. The van der Waals surface area contributed by atoms with Crippen LogP contribution in [0.4, 0.5) is 0 Å². The van der Waals surface area contributed by atoms with Gasteiger partial charge in [0.1, 0.15) is 0 Å². The second-order valence-electron chi connectivity index (χ2n) is 4.38. The molecule has 0 saturated heterocycles. The van der Waals surface area contributed by atoms with Crippen molar-refractivity contribution in [3.05, 3.63) is 12.2 Å². The molecular weight excluding hydrogens is 170 g/mol. The van der Waals surface area contributed by atoms with Gasteiger partial charge in [-0.1, -0.05) is 32.9 Å². The second-order valence-corrected chi connectivity index (χ2v) is 4.38. The Morgan fingerprint density at radius 2 is 1.93 bits per heavy atom. The fraction of sp³-hybridized carbons (Fsp3) is 0.846. The van der Waals surface area contributed by atoms with Crippen LogP contribution in [0.15, 0.2) is 12.2 Å². The zero-order valence-corrected chi connectivity index (χ0v) is 10.4. The number of hydrogen-bond acceptors (Lipinski definition) is 1. The predicted octanol–water partition coefficient (Wildman–Crippen LogP) is 3.76. The minimum Gasteiger partial charge on any atom is -0.317 e. The van der Waals surface area contributed by atoms with Gasteiger partial charge in [0.2, 0.25) is 0 Å². The maximum atomic E-state index is 4.06. The number of allylic oxidation sites excluding steroid dienone is 1. The van der Waals surface area contributed by atoms with Crippen molar-refractivity contribution in [1.82, 2.24) is 5.32 Å². The highest BCUT2D eigenvalue weighted by molar-refractivity contribution is 4.93. The minimum atomic E-state index is 0.701. The summed E-state index contributed by atoms with van der Waals surface area (Å²) in [4.78, 5) is 0. The van der Waals surface area contributed by atoms with E-state index >= 15 is 0 Å². The molecule has 0 aromatic heterocycles. The van der Waals surface area contributed by atoms with Crippen LogP contribution in [0.1, 0.15) is 52.9 Å². The fourth-order valence-electron chi connectivity index (χ4n) is 1.78. The van der Waals surface area contributed by atoms with E-state index in [0.717, 1.165) is 12.3 Å². The van der Waals surface area contributed by atoms with Crippen LogP contribution in [0.25, 0.3) is 0 Å². The molecule has 1 heteroatoms. The van der Waals surface area contributed by atoms with Crippen molar-refractivity contribution in [1.29, 1.82) is 0 Å². The van der Waals surface area contributed by atoms with Gasteiger partial charge in [-0.2, -0.15) is 0 Å². The van der Waals surface area contributed by atoms with Crippen LogP contribution < -0.4 is 5.32 Å². The van der Waals surface area contributed by atoms with Crippen molar-refractivity contribution in [3.63, 3.8) is 0 Å². The molecule has 0 aliphatic heterocycles. The van der Waals surface area contributed by atoms with Crippen molar-refractivity contribution in [3.8, 4) is 0 Å². The topological polar surface area (TPSA) is 12.0 Å². The highest BCUT2D eigenvalue weighted by Gasteiger charge is 2.07. The first kappa shape index (κ1) is 13.7. The SMILES string of the molecule is C=C(CC)C[C@@H](C)CCC(CC)NC. The summed E-state index contributed by atoms with van der Waals surface area (Å²) >= 11 is 0. The van der Waals surface area contributed by atoms with Gasteiger partial charge in [0.05, 0.1) is 0 Å². The molecule has 0 heterocycles. The molecule has 0 aromatic rings. The van der Waals surface area contributed by atoms with E-state index in [9.17, 15) is 0 Å². The first-order valence-electron chi connectivity index (χ1n) is 5.97. The zero-order valence-electron chi connectivity index (χ0n) is 10.4. The van der Waals surface area contributed by atoms with Crippen molar-refractivity contribution >= 4 is 0 Å². The van der Waals surface area contributed by atoms with Crippen molar-refractivity contribution in [2.45, 2.75) is 58.9 Å². The molecule has 0 fully saturated rings. The smallest absolute Gasteiger partial charge is 0.00615 e. The molecule has 0 aliphatic rings. The van der Waals surface area contributed by atoms with Crippen LogP contribution in [0.3, 0.4) is 0 Å². The Balaban J connectivity index is 3.61. The van der Waals surface area contributed by atoms with E-state index in [2.05, 4.69) is 39.7 Å². The summed E-state index contributed by atoms with van der Waals surface area (Å²) in [6, 6.07) is 0.701. The molecule has 0 bridgehead atoms. The van der Waals surface area contributed by atoms with Gasteiger partial charge in [-0.05, 0) is 45.1 Å². The van der Waals surface area contributed by atoms with Crippen LogP contribution in [0, 0.1) is 5.92 Å². The van der Waals surface area contributed by atoms with E-state index in [4.69, 9.17) is 0 Å². The summed E-state index contributed by atoms with van der Waals surface area (Å²) in [5.74, 6) is 0.796. The van der Waals surface area contributed by atoms with E-state index in [1.165, 1.54) is 31.3 Å². The molecule has 2 atom stereocenters. The number of nitrogens with one attached hydrogen (secondary N) is 1. The summed E-state index contributed by atoms with van der Waals surface area (Å²) in [6.45, 7) is 10.8. The number of hydrogen-bond donors (Lipinski definition) is 1. The summed E-state index contributed by atoms with van der Waals surface area (Å²) in [6.07, 6.45) is 6.19. The van der Waals surface area contributed by atoms with Crippen LogP contribution in [-0.4, -0.2) is 13.1 Å². The van der Waals surface area contributed by atoms with E-state index in [1.54, 1.807) is 0 Å². The molecule has 0 aromatic carbocycles. The summed E-state index contributed by atoms with van der Waals surface area (Å²) in [7, 11) is 2.06. The van der Waals surface area contributed by atoms with Gasteiger partial charge in [0.15, 0.2) is 0 Å². The van der Waals surface area contributed by atoms with E-state index in [-0.39, 0.29) is 0 Å². The molecule has 1 nitrogen and oxygen atoms in total. The molecule has 14 heavy (non-hydrogen) atoms. The van der Waals surface area contributed by atoms with Gasteiger partial charge < -0.3 is 5.32 Å². The Morgan fingerprint density at radius 3 is 2.36 bits per heavy atom. The highest BCUT2D eigenvalue weighted by Crippen LogP contribution is 2.18. The molecule has 0 saturated carbocycles. The molecular formula is C13H27N. The third kappa shape index (κ3) is 6.20. The molecule has 0 amide bonds. The lowest BCUT2D eigenvalue weighted by Crippen LogP contribution is -2.24. The Kier molecular flexibility index (Phi) is 7.87. The molecule has 0 radical (unpaired) electrons. The van der Waals surface area contributed by atoms with Gasteiger partial charge in [0, 0.05) is 6.04 Å². The summed E-state index contributed by atoms with van der Waals surface area (Å²) in [5, 5.41) is 3.35. The highest BCUT2D eigenvalue weighted by atomic mass is 14.9. The van der Waals surface area contributed by atoms with E-state index in [0.29, 0.717) is 6.04 Å². The maximum Gasteiger partial charge on any atom is 0.00615 e. The maximum absolute atomic E-state index is 4.06. The zero-order chi connectivity index (χ0) is 11.0. The van der Waals surface area contributed by atoms with Crippen LogP contribution in [-0.2, 0) is 0 Å². The Morgan fingerprint density at radius 1 is 1.29 bits per heavy atom. The van der Waals surface area contributed by atoms with Gasteiger partial charge in [-0.15, -0.1) is 0 Å². The van der Waals surface area contributed by atoms with Crippen LogP contribution in [0.2, 0.25) is 0 Å². The molecule has 84 valence electrons. The van der Waals surface area contributed by atoms with Gasteiger partial charge in [0.25, 0.3) is 0 Å². The lowest BCUT2D eigenvalue weighted by Gasteiger charge is -2.17. The van der Waals surface area contributed by atoms with Gasteiger partial charge >= 0.3 is 0 Å². The standard InChI is InChI=1S/C13H27N/c1-6-11(3)10-12(4)8-9-13(7-2)14-5/h12-14H,3,6-10H2,1-2,4-5H3/t12-,13?/m0/s1. The monoisotopic (exact) mass is 197 g/mol. The molecule has 0 aliphatic carbocycles. The average molecular weight is 197 g/mol. The second kappa shape index (κ2) is 8.05. The van der Waals surface area contributed by atoms with Gasteiger partial charge in [-0.25, -0.2) is 0 Å². The first-order valence-corrected chi connectivity index (χ1v) is 5.97. The van der Waals surface area contributed by atoms with Gasteiger partial charge in [-0.3, -0.25) is 0 Å². The molecule has 1 unspecified atom stereocenters. The minimum absolute atomic E-state index is 0.701. The van der Waals surface area contributed by atoms with Crippen LogP contribution in [0.5, 0.6) is 0 Å². The lowest BCUT2D eigenvalue weighted by atomic mass is 9.94. The summed E-state index contributed by atoms with van der Waals surface area (Å²) in [5.41, 5.74) is 1.40. The third-order valence-corrected chi connectivity index (χ3v) is 3.05. The van der Waals surface area contributed by atoms with E-state index in [1.807, 2.05) is 0 Å². The van der Waals surface area contributed by atoms with Crippen molar-refractivity contribution in [2.24, 2.45) is 5.92 Å². The average Bonchev–Trinajstić information content (AvgIpc) is 2.19. The summed E-state index contributed by atoms with van der Waals surface area (Å²) < 4.78 is 0. The first-order chi connectivity index (χ1) is 6.63. The number of rotatable bonds is 8. The predicted molar refractivity (Wildman–Crippen MR) is 65.6 cm³/mol. The van der Waals surface area contributed by atoms with E-state index < -0.39 is 0 Å². The molecule has 0 spiro atoms. The van der Waals surface area contributed by atoms with Crippen molar-refractivity contribution in [2.75, 3.05) is 7.05 Å². The Labute approximate surface area is 90.0 Å². The fourth-order valence-corrected chi connectivity index (χ4v) is 1.78. The van der Waals surface area contributed by atoms with Crippen LogP contribution >= 0.6 is 0 Å². The molecule has 0 rings (SSSR count). The lowest BCUT2D eigenvalue weighted by molar-refractivity contribution is 0.423. The Hall–Kier alpha value is -0.300.